The maximum atomic E-state index is 11.4. The summed E-state index contributed by atoms with van der Waals surface area (Å²) >= 11 is 0. The van der Waals surface area contributed by atoms with Crippen LogP contribution in [0.25, 0.3) is 0 Å². The number of rotatable bonds is 6. The van der Waals surface area contributed by atoms with Crippen molar-refractivity contribution < 1.29 is 19.1 Å². The van der Waals surface area contributed by atoms with E-state index in [0.717, 1.165) is 11.6 Å². The van der Waals surface area contributed by atoms with Crippen LogP contribution in [0.1, 0.15) is 18.6 Å². The van der Waals surface area contributed by atoms with E-state index >= 15 is 0 Å². The predicted molar refractivity (Wildman–Crippen MR) is 70.5 cm³/mol. The molecule has 0 spiro atoms. The molecule has 5 nitrogen and oxygen atoms in total. The molecule has 0 saturated carbocycles. The second kappa shape index (κ2) is 7.92. The molecule has 1 amide bonds. The molecule has 0 fully saturated rings. The van der Waals surface area contributed by atoms with Gasteiger partial charge < -0.3 is 14.8 Å². The monoisotopic (exact) mass is 263 g/mol. The normalized spacial score (nSPS) is 11.2. The topological polar surface area (TPSA) is 64.6 Å². The molecule has 0 saturated heterocycles. The van der Waals surface area contributed by atoms with Crippen molar-refractivity contribution in [2.24, 2.45) is 0 Å². The molecule has 5 heteroatoms. The van der Waals surface area contributed by atoms with Crippen LogP contribution in [0.3, 0.4) is 0 Å². The predicted octanol–water partition coefficient (Wildman–Crippen LogP) is 2.20. The highest BCUT2D eigenvalue weighted by Gasteiger charge is 2.10. The van der Waals surface area contributed by atoms with Crippen LogP contribution in [0.15, 0.2) is 43.0 Å². The maximum absolute atomic E-state index is 11.4. The number of hydrogen-bond acceptors (Lipinski definition) is 4. The molecule has 102 valence electrons. The summed E-state index contributed by atoms with van der Waals surface area (Å²) in [6.45, 7) is 5.32. The minimum absolute atomic E-state index is 0.0830. The zero-order valence-electron chi connectivity index (χ0n) is 10.8. The molecule has 1 rings (SSSR count). The van der Waals surface area contributed by atoms with Gasteiger partial charge in [-0.2, -0.15) is 0 Å². The van der Waals surface area contributed by atoms with E-state index in [4.69, 9.17) is 9.47 Å². The van der Waals surface area contributed by atoms with Gasteiger partial charge in [0.05, 0.1) is 6.54 Å². The Labute approximate surface area is 112 Å². The van der Waals surface area contributed by atoms with Crippen LogP contribution in [-0.2, 0) is 14.3 Å². The van der Waals surface area contributed by atoms with Crippen molar-refractivity contribution in [1.82, 2.24) is 5.32 Å². The van der Waals surface area contributed by atoms with Crippen LogP contribution >= 0.6 is 0 Å². The fourth-order valence-electron chi connectivity index (χ4n) is 1.36. The summed E-state index contributed by atoms with van der Waals surface area (Å²) in [5.41, 5.74) is 0.913. The average Bonchev–Trinajstić information content (AvgIpc) is 2.44. The molecule has 1 aromatic carbocycles. The first-order valence-corrected chi connectivity index (χ1v) is 5.92. The van der Waals surface area contributed by atoms with Crippen molar-refractivity contribution >= 4 is 12.1 Å². The summed E-state index contributed by atoms with van der Waals surface area (Å²) in [5.74, 6) is -0.521. The van der Waals surface area contributed by atoms with E-state index in [0.29, 0.717) is 0 Å². The number of alkyl carbamates (subject to hydrolysis) is 1. The van der Waals surface area contributed by atoms with Crippen LogP contribution in [0, 0.1) is 0 Å². The number of benzene rings is 1. The lowest BCUT2D eigenvalue weighted by Crippen LogP contribution is -2.29. The van der Waals surface area contributed by atoms with Crippen LogP contribution in [0.5, 0.6) is 0 Å². The standard InChI is InChI=1S/C14H17NO4/c1-3-13(16)18-10-9-15-14(17)19-11(2)12-7-5-4-6-8-12/h3-8,11H,1,9-10H2,2H3,(H,15,17). The summed E-state index contributed by atoms with van der Waals surface area (Å²) in [6, 6.07) is 9.40. The van der Waals surface area contributed by atoms with Crippen molar-refractivity contribution in [3.8, 4) is 0 Å². The third-order valence-corrected chi connectivity index (χ3v) is 2.34. The zero-order chi connectivity index (χ0) is 14.1. The molecule has 0 heterocycles. The second-order valence-electron chi connectivity index (χ2n) is 3.76. The van der Waals surface area contributed by atoms with Crippen molar-refractivity contribution in [3.63, 3.8) is 0 Å². The lowest BCUT2D eigenvalue weighted by Gasteiger charge is -2.14. The first-order valence-electron chi connectivity index (χ1n) is 5.92. The lowest BCUT2D eigenvalue weighted by molar-refractivity contribution is -0.137. The smallest absolute Gasteiger partial charge is 0.407 e. The van der Waals surface area contributed by atoms with Gasteiger partial charge in [0.15, 0.2) is 0 Å². The Hall–Kier alpha value is -2.30. The van der Waals surface area contributed by atoms with E-state index in [1.165, 1.54) is 0 Å². The SMILES string of the molecule is C=CC(=O)OCCNC(=O)OC(C)c1ccccc1. The molecule has 0 aliphatic rings. The van der Waals surface area contributed by atoms with Gasteiger partial charge in [-0.15, -0.1) is 0 Å². The van der Waals surface area contributed by atoms with Crippen LogP contribution in [0.4, 0.5) is 4.79 Å². The summed E-state index contributed by atoms with van der Waals surface area (Å²) in [6.07, 6.45) is 0.179. The Morgan fingerprint density at radius 3 is 2.68 bits per heavy atom. The van der Waals surface area contributed by atoms with E-state index in [1.54, 1.807) is 6.92 Å². The minimum atomic E-state index is -0.550. The Balaban J connectivity index is 2.24. The van der Waals surface area contributed by atoms with E-state index in [1.807, 2.05) is 30.3 Å². The van der Waals surface area contributed by atoms with E-state index in [-0.39, 0.29) is 19.3 Å². The fraction of sp³-hybridized carbons (Fsp3) is 0.286. The van der Waals surface area contributed by atoms with Crippen LogP contribution in [-0.4, -0.2) is 25.2 Å². The minimum Gasteiger partial charge on any atom is -0.461 e. The van der Waals surface area contributed by atoms with E-state index in [9.17, 15) is 9.59 Å². The van der Waals surface area contributed by atoms with Gasteiger partial charge in [0.1, 0.15) is 12.7 Å². The first kappa shape index (κ1) is 14.8. The Bertz CT molecular complexity index is 430. The molecule has 0 aliphatic carbocycles. The van der Waals surface area contributed by atoms with Crippen LogP contribution < -0.4 is 5.32 Å². The highest BCUT2D eigenvalue weighted by atomic mass is 16.6. The summed E-state index contributed by atoms with van der Waals surface area (Å²) in [7, 11) is 0. The molecular weight excluding hydrogens is 246 g/mol. The largest absolute Gasteiger partial charge is 0.461 e. The quantitative estimate of drug-likeness (QED) is 0.485. The van der Waals surface area contributed by atoms with Crippen molar-refractivity contribution in [2.75, 3.05) is 13.2 Å². The highest BCUT2D eigenvalue weighted by molar-refractivity contribution is 5.81. The molecule has 0 aromatic heterocycles. The first-order chi connectivity index (χ1) is 9.13. The molecule has 0 aliphatic heterocycles. The summed E-state index contributed by atoms with van der Waals surface area (Å²) in [4.78, 5) is 22.2. The van der Waals surface area contributed by atoms with Gasteiger partial charge in [0.2, 0.25) is 0 Å². The second-order valence-corrected chi connectivity index (χ2v) is 3.76. The molecular formula is C14H17NO4. The molecule has 1 atom stereocenters. The Morgan fingerprint density at radius 2 is 2.05 bits per heavy atom. The number of nitrogens with one attached hydrogen (secondary N) is 1. The van der Waals surface area contributed by atoms with E-state index in [2.05, 4.69) is 11.9 Å². The molecule has 0 bridgehead atoms. The van der Waals surface area contributed by atoms with Gasteiger partial charge in [-0.1, -0.05) is 36.9 Å². The fourth-order valence-corrected chi connectivity index (χ4v) is 1.36. The third-order valence-electron chi connectivity index (χ3n) is 2.34. The number of carbonyl (C=O) groups excluding carboxylic acids is 2. The van der Waals surface area contributed by atoms with Crippen LogP contribution in [0.2, 0.25) is 0 Å². The number of ether oxygens (including phenoxy) is 2. The molecule has 19 heavy (non-hydrogen) atoms. The van der Waals surface area contributed by atoms with Gasteiger partial charge in [-0.25, -0.2) is 9.59 Å². The summed E-state index contributed by atoms with van der Waals surface area (Å²) < 4.78 is 9.86. The molecule has 1 aromatic rings. The number of carbonyl (C=O) groups is 2. The molecule has 1 N–H and O–H groups in total. The average molecular weight is 263 g/mol. The van der Waals surface area contributed by atoms with Crippen molar-refractivity contribution in [2.45, 2.75) is 13.0 Å². The van der Waals surface area contributed by atoms with Gasteiger partial charge >= 0.3 is 12.1 Å². The Kier molecular flexibility index (Phi) is 6.15. The van der Waals surface area contributed by atoms with Crippen molar-refractivity contribution in [1.29, 1.82) is 0 Å². The third kappa shape index (κ3) is 5.72. The Morgan fingerprint density at radius 1 is 1.37 bits per heavy atom. The highest BCUT2D eigenvalue weighted by Crippen LogP contribution is 2.15. The van der Waals surface area contributed by atoms with Gasteiger partial charge in [0.25, 0.3) is 0 Å². The molecule has 1 unspecified atom stereocenters. The summed E-state index contributed by atoms with van der Waals surface area (Å²) in [5, 5.41) is 2.49. The van der Waals surface area contributed by atoms with Gasteiger partial charge in [-0.05, 0) is 12.5 Å². The number of esters is 1. The van der Waals surface area contributed by atoms with Crippen molar-refractivity contribution in [3.05, 3.63) is 48.6 Å². The lowest BCUT2D eigenvalue weighted by atomic mass is 10.1. The number of amides is 1. The van der Waals surface area contributed by atoms with Gasteiger partial charge in [-0.3, -0.25) is 0 Å². The number of hydrogen-bond donors (Lipinski definition) is 1. The van der Waals surface area contributed by atoms with E-state index < -0.39 is 12.1 Å². The molecule has 0 radical (unpaired) electrons. The maximum Gasteiger partial charge on any atom is 0.407 e. The zero-order valence-corrected chi connectivity index (χ0v) is 10.8. The van der Waals surface area contributed by atoms with Gasteiger partial charge in [0, 0.05) is 6.08 Å².